The van der Waals surface area contributed by atoms with Crippen molar-refractivity contribution in [2.45, 2.75) is 32.7 Å². The van der Waals surface area contributed by atoms with E-state index in [4.69, 9.17) is 24.5 Å². The third-order valence-corrected chi connectivity index (χ3v) is 8.35. The number of methoxy groups -OCH3 is 1. The Balaban J connectivity index is 1.84. The Morgan fingerprint density at radius 3 is 2.69 bits per heavy atom. The van der Waals surface area contributed by atoms with Gasteiger partial charge in [-0.1, -0.05) is 70.9 Å². The highest BCUT2D eigenvalue weighted by Crippen LogP contribution is 2.38. The molecule has 1 aliphatic rings. The molecule has 4 aromatic rings. The van der Waals surface area contributed by atoms with Gasteiger partial charge in [-0.3, -0.25) is 9.36 Å². The largest absolute Gasteiger partial charge is 0.496 e. The number of aromatic nitrogens is 1. The first-order chi connectivity index (χ1) is 20.4. The van der Waals surface area contributed by atoms with Gasteiger partial charge in [-0.25, -0.2) is 9.79 Å². The summed E-state index contributed by atoms with van der Waals surface area (Å²) in [6, 6.07) is 18.2. The van der Waals surface area contributed by atoms with Crippen LogP contribution in [0, 0.1) is 11.3 Å². The molecule has 42 heavy (non-hydrogen) atoms. The summed E-state index contributed by atoms with van der Waals surface area (Å²) < 4.78 is 19.7. The zero-order valence-electron chi connectivity index (χ0n) is 23.3. The van der Waals surface area contributed by atoms with Gasteiger partial charge in [-0.15, -0.1) is 0 Å². The number of benzene rings is 3. The summed E-state index contributed by atoms with van der Waals surface area (Å²) in [5, 5.41) is 11.0. The maximum Gasteiger partial charge on any atom is 0.338 e. The van der Waals surface area contributed by atoms with E-state index in [1.165, 1.54) is 11.3 Å². The Bertz CT molecular complexity index is 1940. The van der Waals surface area contributed by atoms with Gasteiger partial charge in [-0.2, -0.15) is 5.26 Å². The number of halogens is 1. The van der Waals surface area contributed by atoms with Crippen molar-refractivity contribution in [1.82, 2.24) is 4.57 Å². The van der Waals surface area contributed by atoms with Crippen LogP contribution in [-0.2, 0) is 9.53 Å². The lowest BCUT2D eigenvalue weighted by Gasteiger charge is -2.27. The molecule has 0 fully saturated rings. The number of nitriles is 1. The first kappa shape index (κ1) is 29.3. The maximum atomic E-state index is 14.3. The molecule has 0 saturated carbocycles. The molecule has 1 aliphatic heterocycles. The van der Waals surface area contributed by atoms with Crippen molar-refractivity contribution in [3.63, 3.8) is 0 Å². The molecule has 0 radical (unpaired) electrons. The molecular formula is C32H28BrN3O5S. The highest BCUT2D eigenvalue weighted by atomic mass is 79.9. The summed E-state index contributed by atoms with van der Waals surface area (Å²) in [6.45, 7) is 3.81. The van der Waals surface area contributed by atoms with Crippen LogP contribution < -0.4 is 24.4 Å². The molecule has 0 spiro atoms. The summed E-state index contributed by atoms with van der Waals surface area (Å²) in [5.41, 5.74) is 1.90. The minimum atomic E-state index is -0.821. The Hall–Kier alpha value is -4.20. The second-order valence-electron chi connectivity index (χ2n) is 9.45. The third-order valence-electron chi connectivity index (χ3n) is 6.88. The Labute approximate surface area is 254 Å². The van der Waals surface area contributed by atoms with E-state index in [2.05, 4.69) is 15.9 Å². The lowest BCUT2D eigenvalue weighted by atomic mass is 9.93. The summed E-state index contributed by atoms with van der Waals surface area (Å²) in [4.78, 5) is 33.1. The number of ether oxygens (including phenoxy) is 3. The van der Waals surface area contributed by atoms with Crippen LogP contribution in [0.1, 0.15) is 43.9 Å². The molecule has 1 aromatic heterocycles. The first-order valence-corrected chi connectivity index (χ1v) is 15.1. The van der Waals surface area contributed by atoms with Crippen molar-refractivity contribution in [2.75, 3.05) is 20.3 Å². The van der Waals surface area contributed by atoms with Gasteiger partial charge in [0.05, 0.1) is 29.5 Å². The predicted octanol–water partition coefficient (Wildman–Crippen LogP) is 5.41. The minimum absolute atomic E-state index is 0.133. The van der Waals surface area contributed by atoms with Crippen molar-refractivity contribution >= 4 is 50.1 Å². The monoisotopic (exact) mass is 645 g/mol. The van der Waals surface area contributed by atoms with E-state index in [0.29, 0.717) is 49.7 Å². The Kier molecular flexibility index (Phi) is 8.90. The quantitative estimate of drug-likeness (QED) is 0.226. The number of nitrogens with zero attached hydrogens (tertiary/aromatic N) is 3. The number of hydrogen-bond acceptors (Lipinski definition) is 8. The number of hydrogen-bond donors (Lipinski definition) is 0. The molecule has 0 aliphatic carbocycles. The second kappa shape index (κ2) is 12.8. The second-order valence-corrected chi connectivity index (χ2v) is 11.4. The van der Waals surface area contributed by atoms with E-state index in [0.717, 1.165) is 21.7 Å². The predicted molar refractivity (Wildman–Crippen MR) is 165 cm³/mol. The fraction of sp³-hybridized carbons (Fsp3) is 0.250. The Morgan fingerprint density at radius 2 is 1.95 bits per heavy atom. The van der Waals surface area contributed by atoms with Crippen LogP contribution >= 0.6 is 27.3 Å². The molecule has 10 heteroatoms. The molecule has 0 unspecified atom stereocenters. The van der Waals surface area contributed by atoms with Gasteiger partial charge < -0.3 is 14.2 Å². The van der Waals surface area contributed by atoms with Crippen LogP contribution in [0.5, 0.6) is 11.5 Å². The van der Waals surface area contributed by atoms with Crippen molar-refractivity contribution < 1.29 is 19.0 Å². The first-order valence-electron chi connectivity index (χ1n) is 13.5. The number of allylic oxidation sites excluding steroid dienone is 1. The number of carbonyl (C=O) groups is 1. The van der Waals surface area contributed by atoms with E-state index in [9.17, 15) is 9.59 Å². The molecule has 5 rings (SSSR count). The highest BCUT2D eigenvalue weighted by Gasteiger charge is 2.36. The number of thiazole rings is 1. The van der Waals surface area contributed by atoms with E-state index in [1.54, 1.807) is 36.8 Å². The lowest BCUT2D eigenvalue weighted by Crippen LogP contribution is -2.40. The average molecular weight is 647 g/mol. The van der Waals surface area contributed by atoms with Crippen LogP contribution in [0.2, 0.25) is 0 Å². The molecule has 0 bridgehead atoms. The topological polar surface area (TPSA) is 103 Å². The molecule has 214 valence electrons. The van der Waals surface area contributed by atoms with Gasteiger partial charge in [-0.05, 0) is 54.5 Å². The standard InChI is InChI=1S/C32H28BrN3O5S/c1-4-8-24-28(31(38)40-5-2)29(23-17-20(33)12-14-25(23)39-3)36-30(37)27(42-32(36)35-24)18-22-21-10-7-6-9-19(21)11-13-26(22)41-16-15-34/h6-7,9-14,17-18,29H,4-5,8,16H2,1-3H3/b27-18+/t29-/m1/s1. The average Bonchev–Trinajstić information content (AvgIpc) is 3.30. The fourth-order valence-electron chi connectivity index (χ4n) is 5.13. The summed E-state index contributed by atoms with van der Waals surface area (Å²) in [7, 11) is 1.56. The van der Waals surface area contributed by atoms with Crippen molar-refractivity contribution in [3.8, 4) is 17.6 Å². The van der Waals surface area contributed by atoms with E-state index in [-0.39, 0.29) is 18.8 Å². The van der Waals surface area contributed by atoms with Gasteiger partial charge >= 0.3 is 5.97 Å². The number of carbonyl (C=O) groups excluding carboxylic acids is 1. The summed E-state index contributed by atoms with van der Waals surface area (Å²) in [6.07, 6.45) is 3.05. The van der Waals surface area contributed by atoms with Gasteiger partial charge in [0.1, 0.15) is 23.6 Å². The molecule has 3 aromatic carbocycles. The minimum Gasteiger partial charge on any atom is -0.496 e. The normalized spacial score (nSPS) is 14.7. The van der Waals surface area contributed by atoms with Crippen molar-refractivity contribution in [1.29, 1.82) is 5.26 Å². The van der Waals surface area contributed by atoms with Gasteiger partial charge in [0.15, 0.2) is 11.4 Å². The van der Waals surface area contributed by atoms with Crippen LogP contribution in [0.25, 0.3) is 16.8 Å². The molecule has 2 heterocycles. The molecular weight excluding hydrogens is 618 g/mol. The van der Waals surface area contributed by atoms with Crippen molar-refractivity contribution in [3.05, 3.63) is 101 Å². The Morgan fingerprint density at radius 1 is 1.17 bits per heavy atom. The molecule has 1 atom stereocenters. The van der Waals surface area contributed by atoms with Crippen LogP contribution in [0.3, 0.4) is 0 Å². The van der Waals surface area contributed by atoms with Crippen LogP contribution in [-0.4, -0.2) is 30.9 Å². The van der Waals surface area contributed by atoms with Crippen LogP contribution in [0.4, 0.5) is 0 Å². The molecule has 0 N–H and O–H groups in total. The van der Waals surface area contributed by atoms with E-state index < -0.39 is 12.0 Å². The number of fused-ring (bicyclic) bond motifs is 2. The van der Waals surface area contributed by atoms with Crippen molar-refractivity contribution in [2.24, 2.45) is 4.99 Å². The highest BCUT2D eigenvalue weighted by molar-refractivity contribution is 9.10. The fourth-order valence-corrected chi connectivity index (χ4v) is 6.51. The summed E-state index contributed by atoms with van der Waals surface area (Å²) >= 11 is 4.79. The van der Waals surface area contributed by atoms with Gasteiger partial charge in [0.2, 0.25) is 0 Å². The SMILES string of the molecule is CCCC1=C(C(=O)OCC)[C@@H](c2cc(Br)ccc2OC)n2c(s/c(=C/c3c(OCC#N)ccc4ccccc34)c2=O)=N1. The van der Waals surface area contributed by atoms with E-state index in [1.807, 2.05) is 55.5 Å². The smallest absolute Gasteiger partial charge is 0.338 e. The van der Waals surface area contributed by atoms with E-state index >= 15 is 0 Å². The molecule has 0 saturated heterocycles. The summed E-state index contributed by atoms with van der Waals surface area (Å²) in [5.74, 6) is 0.496. The number of rotatable bonds is 9. The maximum absolute atomic E-state index is 14.3. The molecule has 0 amide bonds. The van der Waals surface area contributed by atoms with Crippen LogP contribution in [0.15, 0.2) is 80.1 Å². The number of esters is 1. The zero-order chi connectivity index (χ0) is 29.8. The lowest BCUT2D eigenvalue weighted by molar-refractivity contribution is -0.139. The van der Waals surface area contributed by atoms with Gasteiger partial charge in [0, 0.05) is 15.6 Å². The molecule has 8 nitrogen and oxygen atoms in total. The van der Waals surface area contributed by atoms with Gasteiger partial charge in [0.25, 0.3) is 5.56 Å². The third kappa shape index (κ3) is 5.50. The zero-order valence-corrected chi connectivity index (χ0v) is 25.8.